The molecule has 0 amide bonds. The van der Waals surface area contributed by atoms with E-state index >= 15 is 0 Å². The van der Waals surface area contributed by atoms with Gasteiger partial charge >= 0.3 is 0 Å². The van der Waals surface area contributed by atoms with Crippen molar-refractivity contribution in [2.45, 2.75) is 52.4 Å². The van der Waals surface area contributed by atoms with Gasteiger partial charge in [0, 0.05) is 11.6 Å². The molecule has 1 aromatic carbocycles. The van der Waals surface area contributed by atoms with Crippen LogP contribution in [0.25, 0.3) is 0 Å². The van der Waals surface area contributed by atoms with Crippen LogP contribution in [0.3, 0.4) is 0 Å². The minimum Gasteiger partial charge on any atom is -0.258 e. The lowest BCUT2D eigenvalue weighted by Gasteiger charge is -2.22. The van der Waals surface area contributed by atoms with Crippen LogP contribution in [-0.2, 0) is 5.41 Å². The van der Waals surface area contributed by atoms with E-state index in [0.29, 0.717) is 11.1 Å². The van der Waals surface area contributed by atoms with Crippen molar-refractivity contribution < 1.29 is 4.92 Å². The maximum Gasteiger partial charge on any atom is 0.274 e. The van der Waals surface area contributed by atoms with Crippen molar-refractivity contribution in [2.24, 2.45) is 0 Å². The molecule has 0 aromatic heterocycles. The molecular formula is C15H20N2O2. The number of nitrogens with zero attached hydrogens (tertiary/aromatic N) is 2. The van der Waals surface area contributed by atoms with Crippen molar-refractivity contribution >= 4 is 5.69 Å². The second-order valence-corrected chi connectivity index (χ2v) is 5.88. The van der Waals surface area contributed by atoms with Crippen LogP contribution in [0.15, 0.2) is 12.1 Å². The van der Waals surface area contributed by atoms with Crippen LogP contribution in [0, 0.1) is 21.4 Å². The molecular weight excluding hydrogens is 240 g/mol. The summed E-state index contributed by atoms with van der Waals surface area (Å²) < 4.78 is 0. The Kier molecular flexibility index (Phi) is 4.31. The lowest BCUT2D eigenvalue weighted by Crippen LogP contribution is -2.15. The highest BCUT2D eigenvalue weighted by Crippen LogP contribution is 2.36. The van der Waals surface area contributed by atoms with Gasteiger partial charge in [0.1, 0.15) is 0 Å². The molecule has 0 bridgehead atoms. The highest BCUT2D eigenvalue weighted by molar-refractivity contribution is 5.55. The first-order valence-corrected chi connectivity index (χ1v) is 6.45. The Balaban J connectivity index is 3.63. The maximum absolute atomic E-state index is 11.2. The number of nitro groups is 1. The molecule has 1 atom stereocenters. The topological polar surface area (TPSA) is 66.9 Å². The fraction of sp³-hybridized carbons (Fsp3) is 0.533. The van der Waals surface area contributed by atoms with Crippen molar-refractivity contribution in [3.8, 4) is 6.07 Å². The standard InChI is InChI=1S/C15H20N2O2/c1-6-10(2)12-8-13(15(3,4)5)14(17(18)19)7-11(12)9-16/h7-8,10H,6H2,1-5H3. The van der Waals surface area contributed by atoms with Crippen LogP contribution in [0.2, 0.25) is 0 Å². The van der Waals surface area contributed by atoms with Gasteiger partial charge in [-0.1, -0.05) is 34.6 Å². The van der Waals surface area contributed by atoms with Crippen molar-refractivity contribution in [2.75, 3.05) is 0 Å². The van der Waals surface area contributed by atoms with Crippen molar-refractivity contribution in [1.29, 1.82) is 5.26 Å². The largest absolute Gasteiger partial charge is 0.274 e. The van der Waals surface area contributed by atoms with Crippen LogP contribution >= 0.6 is 0 Å². The third kappa shape index (κ3) is 3.11. The van der Waals surface area contributed by atoms with Gasteiger partial charge in [-0.15, -0.1) is 0 Å². The van der Waals surface area contributed by atoms with E-state index in [1.165, 1.54) is 6.07 Å². The summed E-state index contributed by atoms with van der Waals surface area (Å²) in [4.78, 5) is 10.8. The van der Waals surface area contributed by atoms with Gasteiger partial charge in [0.25, 0.3) is 5.69 Å². The Morgan fingerprint density at radius 2 is 2.00 bits per heavy atom. The van der Waals surface area contributed by atoms with Crippen LogP contribution in [0.1, 0.15) is 63.6 Å². The predicted octanol–water partition coefficient (Wildman–Crippen LogP) is 4.28. The summed E-state index contributed by atoms with van der Waals surface area (Å²) in [6.07, 6.45) is 0.899. The summed E-state index contributed by atoms with van der Waals surface area (Å²) in [6, 6.07) is 5.34. The molecule has 0 N–H and O–H groups in total. The summed E-state index contributed by atoms with van der Waals surface area (Å²) in [5.74, 6) is 0.219. The SMILES string of the molecule is CCC(C)c1cc(C(C)(C)C)c([N+](=O)[O-])cc1C#N. The average Bonchev–Trinajstić information content (AvgIpc) is 2.34. The molecule has 1 rings (SSSR count). The molecule has 0 aliphatic carbocycles. The van der Waals surface area contributed by atoms with E-state index < -0.39 is 4.92 Å². The molecule has 0 aliphatic heterocycles. The van der Waals surface area contributed by atoms with E-state index in [-0.39, 0.29) is 17.0 Å². The second kappa shape index (κ2) is 5.40. The molecule has 0 saturated carbocycles. The Labute approximate surface area is 114 Å². The van der Waals surface area contributed by atoms with Gasteiger partial charge in [-0.25, -0.2) is 0 Å². The van der Waals surface area contributed by atoms with Gasteiger partial charge in [-0.05, 0) is 29.4 Å². The van der Waals surface area contributed by atoms with Gasteiger partial charge in [0.15, 0.2) is 0 Å². The molecule has 0 spiro atoms. The van der Waals surface area contributed by atoms with Crippen LogP contribution in [0.4, 0.5) is 5.69 Å². The summed E-state index contributed by atoms with van der Waals surface area (Å²) in [6.45, 7) is 9.92. The smallest absolute Gasteiger partial charge is 0.258 e. The lowest BCUT2D eigenvalue weighted by atomic mass is 9.81. The molecule has 19 heavy (non-hydrogen) atoms. The first-order chi connectivity index (χ1) is 8.72. The van der Waals surface area contributed by atoms with E-state index in [9.17, 15) is 15.4 Å². The summed E-state index contributed by atoms with van der Waals surface area (Å²) in [5, 5.41) is 20.4. The Bertz CT molecular complexity index is 536. The quantitative estimate of drug-likeness (QED) is 0.601. The molecule has 0 aliphatic rings. The molecule has 0 saturated heterocycles. The normalized spacial score (nSPS) is 12.8. The molecule has 4 heteroatoms. The number of rotatable bonds is 3. The van der Waals surface area contributed by atoms with Gasteiger partial charge in [0.2, 0.25) is 0 Å². The van der Waals surface area contributed by atoms with Crippen LogP contribution < -0.4 is 0 Å². The van der Waals surface area contributed by atoms with Gasteiger partial charge in [-0.2, -0.15) is 5.26 Å². The second-order valence-electron chi connectivity index (χ2n) is 5.88. The predicted molar refractivity (Wildman–Crippen MR) is 75.2 cm³/mol. The van der Waals surface area contributed by atoms with Gasteiger partial charge in [-0.3, -0.25) is 10.1 Å². The van der Waals surface area contributed by atoms with E-state index in [1.54, 1.807) is 0 Å². The maximum atomic E-state index is 11.2. The Morgan fingerprint density at radius 1 is 1.42 bits per heavy atom. The van der Waals surface area contributed by atoms with Crippen molar-refractivity contribution in [3.63, 3.8) is 0 Å². The fourth-order valence-electron chi connectivity index (χ4n) is 2.08. The van der Waals surface area contributed by atoms with E-state index in [0.717, 1.165) is 12.0 Å². The number of hydrogen-bond acceptors (Lipinski definition) is 3. The number of nitro benzene ring substituents is 1. The Hall–Kier alpha value is -1.89. The minimum atomic E-state index is -0.401. The molecule has 102 valence electrons. The lowest BCUT2D eigenvalue weighted by molar-refractivity contribution is -0.386. The van der Waals surface area contributed by atoms with E-state index in [4.69, 9.17) is 0 Å². The summed E-state index contributed by atoms with van der Waals surface area (Å²) >= 11 is 0. The number of benzene rings is 1. The summed E-state index contributed by atoms with van der Waals surface area (Å²) in [7, 11) is 0. The molecule has 0 fully saturated rings. The van der Waals surface area contributed by atoms with Crippen LogP contribution in [-0.4, -0.2) is 4.92 Å². The molecule has 4 nitrogen and oxygen atoms in total. The fourth-order valence-corrected chi connectivity index (χ4v) is 2.08. The monoisotopic (exact) mass is 260 g/mol. The molecule has 0 radical (unpaired) electrons. The third-order valence-electron chi connectivity index (χ3n) is 3.44. The molecule has 1 aromatic rings. The highest BCUT2D eigenvalue weighted by atomic mass is 16.6. The van der Waals surface area contributed by atoms with Crippen LogP contribution in [0.5, 0.6) is 0 Å². The van der Waals surface area contributed by atoms with E-state index in [2.05, 4.69) is 6.07 Å². The minimum absolute atomic E-state index is 0.0381. The molecule has 0 heterocycles. The summed E-state index contributed by atoms with van der Waals surface area (Å²) in [5.41, 5.74) is 1.72. The Morgan fingerprint density at radius 3 is 2.37 bits per heavy atom. The van der Waals surface area contributed by atoms with Gasteiger partial charge in [0.05, 0.1) is 16.6 Å². The first-order valence-electron chi connectivity index (χ1n) is 6.45. The first kappa shape index (κ1) is 15.2. The van der Waals surface area contributed by atoms with Crippen molar-refractivity contribution in [1.82, 2.24) is 0 Å². The average molecular weight is 260 g/mol. The zero-order chi connectivity index (χ0) is 14.8. The third-order valence-corrected chi connectivity index (χ3v) is 3.44. The zero-order valence-corrected chi connectivity index (χ0v) is 12.2. The molecule has 1 unspecified atom stereocenters. The number of hydrogen-bond donors (Lipinski definition) is 0. The van der Waals surface area contributed by atoms with Crippen molar-refractivity contribution in [3.05, 3.63) is 38.9 Å². The highest BCUT2D eigenvalue weighted by Gasteiger charge is 2.27. The number of nitriles is 1. The zero-order valence-electron chi connectivity index (χ0n) is 12.2. The van der Waals surface area contributed by atoms with Gasteiger partial charge < -0.3 is 0 Å². The van der Waals surface area contributed by atoms with E-state index in [1.807, 2.05) is 40.7 Å².